The van der Waals surface area contributed by atoms with Crippen LogP contribution in [0.5, 0.6) is 17.2 Å². The Kier molecular flexibility index (Phi) is 3.63. The number of aromatic hydroxyl groups is 1. The van der Waals surface area contributed by atoms with Gasteiger partial charge in [0.2, 0.25) is 0 Å². The Morgan fingerprint density at radius 2 is 1.86 bits per heavy atom. The molecule has 0 saturated heterocycles. The van der Waals surface area contributed by atoms with E-state index in [-0.39, 0.29) is 5.75 Å². The van der Waals surface area contributed by atoms with Crippen LogP contribution in [0, 0.1) is 0 Å². The third-order valence-electron chi connectivity index (χ3n) is 2.03. The van der Waals surface area contributed by atoms with Gasteiger partial charge in [0.1, 0.15) is 5.75 Å². The molecule has 4 heteroatoms. The van der Waals surface area contributed by atoms with Crippen LogP contribution in [0.25, 0.3) is 0 Å². The maximum atomic E-state index is 9.66. The summed E-state index contributed by atoms with van der Waals surface area (Å²) in [5.74, 6) is 1.42. The van der Waals surface area contributed by atoms with E-state index < -0.39 is 0 Å². The molecule has 0 spiro atoms. The van der Waals surface area contributed by atoms with E-state index in [0.717, 1.165) is 5.56 Å². The lowest BCUT2D eigenvalue weighted by molar-refractivity contribution is 0.345. The smallest absolute Gasteiger partial charge is 0.175 e. The van der Waals surface area contributed by atoms with E-state index in [4.69, 9.17) is 9.47 Å². The van der Waals surface area contributed by atoms with Crippen LogP contribution >= 0.6 is 15.9 Å². The van der Waals surface area contributed by atoms with Crippen molar-refractivity contribution in [3.8, 4) is 17.2 Å². The van der Waals surface area contributed by atoms with Crippen molar-refractivity contribution < 1.29 is 14.6 Å². The Morgan fingerprint density at radius 3 is 2.29 bits per heavy atom. The molecule has 0 fully saturated rings. The average molecular weight is 261 g/mol. The summed E-state index contributed by atoms with van der Waals surface area (Å²) >= 11 is 3.30. The SMILES string of the molecule is CCc1c(O)cc(Br)c(OC)c1OC. The molecule has 1 N–H and O–H groups in total. The van der Waals surface area contributed by atoms with Gasteiger partial charge in [-0.3, -0.25) is 0 Å². The lowest BCUT2D eigenvalue weighted by Gasteiger charge is -2.14. The molecule has 0 heterocycles. The number of halogens is 1. The summed E-state index contributed by atoms with van der Waals surface area (Å²) in [5, 5.41) is 9.66. The fraction of sp³-hybridized carbons (Fsp3) is 0.400. The second-order valence-electron chi connectivity index (χ2n) is 2.78. The summed E-state index contributed by atoms with van der Waals surface area (Å²) in [4.78, 5) is 0. The van der Waals surface area contributed by atoms with Crippen LogP contribution < -0.4 is 9.47 Å². The third-order valence-corrected chi connectivity index (χ3v) is 2.62. The molecular weight excluding hydrogens is 248 g/mol. The van der Waals surface area contributed by atoms with Gasteiger partial charge in [-0.05, 0) is 28.4 Å². The van der Waals surface area contributed by atoms with Crippen molar-refractivity contribution >= 4 is 15.9 Å². The van der Waals surface area contributed by atoms with Gasteiger partial charge in [-0.2, -0.15) is 0 Å². The van der Waals surface area contributed by atoms with Gasteiger partial charge in [0.15, 0.2) is 11.5 Å². The monoisotopic (exact) mass is 260 g/mol. The highest BCUT2D eigenvalue weighted by Gasteiger charge is 2.16. The van der Waals surface area contributed by atoms with Crippen LogP contribution in [-0.4, -0.2) is 19.3 Å². The Morgan fingerprint density at radius 1 is 1.29 bits per heavy atom. The fourth-order valence-electron chi connectivity index (χ4n) is 1.38. The summed E-state index contributed by atoms with van der Waals surface area (Å²) in [6, 6.07) is 1.61. The number of phenolic OH excluding ortho intramolecular Hbond substituents is 1. The van der Waals surface area contributed by atoms with Crippen molar-refractivity contribution in [1.29, 1.82) is 0 Å². The standard InChI is InChI=1S/C10H13BrO3/c1-4-6-8(12)5-7(11)10(14-3)9(6)13-2/h5,12H,4H2,1-3H3. The summed E-state index contributed by atoms with van der Waals surface area (Å²) in [6.45, 7) is 1.95. The maximum absolute atomic E-state index is 9.66. The summed E-state index contributed by atoms with van der Waals surface area (Å²) < 4.78 is 11.1. The highest BCUT2D eigenvalue weighted by molar-refractivity contribution is 9.10. The van der Waals surface area contributed by atoms with E-state index in [0.29, 0.717) is 22.4 Å². The quantitative estimate of drug-likeness (QED) is 0.909. The number of ether oxygens (including phenoxy) is 2. The molecule has 0 aliphatic rings. The molecule has 3 nitrogen and oxygen atoms in total. The van der Waals surface area contributed by atoms with Gasteiger partial charge in [-0.1, -0.05) is 6.92 Å². The Balaban J connectivity index is 3.43. The number of benzene rings is 1. The Labute approximate surface area is 91.8 Å². The van der Waals surface area contributed by atoms with Crippen molar-refractivity contribution in [3.05, 3.63) is 16.1 Å². The summed E-state index contributed by atoms with van der Waals surface area (Å²) in [6.07, 6.45) is 0.693. The second kappa shape index (κ2) is 4.55. The predicted molar refractivity (Wildman–Crippen MR) is 58.3 cm³/mol. The zero-order chi connectivity index (χ0) is 10.7. The van der Waals surface area contributed by atoms with Crippen molar-refractivity contribution in [2.24, 2.45) is 0 Å². The minimum Gasteiger partial charge on any atom is -0.507 e. The van der Waals surface area contributed by atoms with E-state index in [9.17, 15) is 5.11 Å². The van der Waals surface area contributed by atoms with E-state index in [1.165, 1.54) is 0 Å². The third kappa shape index (κ3) is 1.80. The molecule has 1 aromatic carbocycles. The molecule has 0 saturated carbocycles. The Hall–Kier alpha value is -0.900. The van der Waals surface area contributed by atoms with Crippen molar-refractivity contribution in [1.82, 2.24) is 0 Å². The second-order valence-corrected chi connectivity index (χ2v) is 3.63. The minimum absolute atomic E-state index is 0.219. The van der Waals surface area contributed by atoms with Crippen LogP contribution in [0.4, 0.5) is 0 Å². The van der Waals surface area contributed by atoms with Gasteiger partial charge < -0.3 is 14.6 Å². The number of methoxy groups -OCH3 is 2. The molecule has 0 bridgehead atoms. The summed E-state index contributed by atoms with van der Waals surface area (Å²) in [5.41, 5.74) is 0.757. The van der Waals surface area contributed by atoms with Crippen LogP contribution in [0.15, 0.2) is 10.5 Å². The normalized spacial score (nSPS) is 10.0. The molecule has 0 atom stereocenters. The van der Waals surface area contributed by atoms with Gasteiger partial charge >= 0.3 is 0 Å². The van der Waals surface area contributed by atoms with Gasteiger partial charge in [0, 0.05) is 5.56 Å². The summed E-state index contributed by atoms with van der Waals surface area (Å²) in [7, 11) is 3.13. The van der Waals surface area contributed by atoms with Gasteiger partial charge in [-0.25, -0.2) is 0 Å². The first-order valence-corrected chi connectivity index (χ1v) is 5.07. The first-order valence-electron chi connectivity index (χ1n) is 4.28. The van der Waals surface area contributed by atoms with Gasteiger partial charge in [0.05, 0.1) is 18.7 Å². The van der Waals surface area contributed by atoms with E-state index in [1.54, 1.807) is 20.3 Å². The molecule has 0 unspecified atom stereocenters. The number of rotatable bonds is 3. The van der Waals surface area contributed by atoms with Crippen molar-refractivity contribution in [3.63, 3.8) is 0 Å². The minimum atomic E-state index is 0.219. The largest absolute Gasteiger partial charge is 0.507 e. The lowest BCUT2D eigenvalue weighted by Crippen LogP contribution is -1.96. The van der Waals surface area contributed by atoms with Crippen LogP contribution in [0.1, 0.15) is 12.5 Å². The highest BCUT2D eigenvalue weighted by Crippen LogP contribution is 2.42. The number of phenols is 1. The van der Waals surface area contributed by atoms with Crippen LogP contribution in [0.2, 0.25) is 0 Å². The first kappa shape index (κ1) is 11.2. The fourth-order valence-corrected chi connectivity index (χ4v) is 1.94. The molecule has 78 valence electrons. The molecule has 1 aromatic rings. The molecule has 0 radical (unpaired) electrons. The first-order chi connectivity index (χ1) is 6.65. The molecule has 0 aliphatic carbocycles. The van der Waals surface area contributed by atoms with E-state index >= 15 is 0 Å². The number of hydrogen-bond donors (Lipinski definition) is 1. The van der Waals surface area contributed by atoms with Crippen LogP contribution in [-0.2, 0) is 6.42 Å². The van der Waals surface area contributed by atoms with E-state index in [1.807, 2.05) is 6.92 Å². The van der Waals surface area contributed by atoms with Gasteiger partial charge in [0.25, 0.3) is 0 Å². The zero-order valence-electron chi connectivity index (χ0n) is 8.43. The Bertz CT molecular complexity index is 308. The number of hydrogen-bond acceptors (Lipinski definition) is 3. The lowest BCUT2D eigenvalue weighted by atomic mass is 10.1. The molecule has 1 rings (SSSR count). The predicted octanol–water partition coefficient (Wildman–Crippen LogP) is 2.73. The maximum Gasteiger partial charge on any atom is 0.175 e. The van der Waals surface area contributed by atoms with Crippen LogP contribution in [0.3, 0.4) is 0 Å². The molecule has 14 heavy (non-hydrogen) atoms. The molecule has 0 aromatic heterocycles. The topological polar surface area (TPSA) is 38.7 Å². The zero-order valence-corrected chi connectivity index (χ0v) is 10.0. The van der Waals surface area contributed by atoms with Crippen molar-refractivity contribution in [2.45, 2.75) is 13.3 Å². The molecular formula is C10H13BrO3. The molecule has 0 amide bonds. The van der Waals surface area contributed by atoms with E-state index in [2.05, 4.69) is 15.9 Å². The van der Waals surface area contributed by atoms with Crippen molar-refractivity contribution in [2.75, 3.05) is 14.2 Å². The van der Waals surface area contributed by atoms with Gasteiger partial charge in [-0.15, -0.1) is 0 Å². The molecule has 0 aliphatic heterocycles. The average Bonchev–Trinajstić information content (AvgIpc) is 2.16. The highest BCUT2D eigenvalue weighted by atomic mass is 79.9.